The van der Waals surface area contributed by atoms with E-state index in [4.69, 9.17) is 0 Å². The monoisotopic (exact) mass is 223 g/mol. The molecule has 2 N–H and O–H groups in total. The van der Waals surface area contributed by atoms with Crippen molar-refractivity contribution >= 4 is 0 Å². The largest absolute Gasteiger partial charge is 0.388 e. The summed E-state index contributed by atoms with van der Waals surface area (Å²) in [6, 6.07) is 4.96. The third-order valence-electron chi connectivity index (χ3n) is 3.08. The van der Waals surface area contributed by atoms with Crippen molar-refractivity contribution in [1.82, 2.24) is 5.32 Å². The molecule has 0 amide bonds. The summed E-state index contributed by atoms with van der Waals surface area (Å²) in [5, 5.41) is 13.5. The molecule has 0 radical (unpaired) electrons. The Morgan fingerprint density at radius 2 is 2.25 bits per heavy atom. The van der Waals surface area contributed by atoms with Crippen LogP contribution in [0.5, 0.6) is 0 Å². The van der Waals surface area contributed by atoms with Gasteiger partial charge >= 0.3 is 0 Å². The molecular weight excluding hydrogens is 205 g/mol. The summed E-state index contributed by atoms with van der Waals surface area (Å²) in [5.74, 6) is -0.220. The first-order chi connectivity index (χ1) is 7.57. The molecule has 3 heteroatoms. The molecule has 0 aromatic heterocycles. The standard InChI is InChI=1S/C13H18FNO/c1-10-5-11(7-12(14)6-10)8-13(16)3-2-4-15-9-13/h5-7,15-16H,2-4,8-9H2,1H3. The summed E-state index contributed by atoms with van der Waals surface area (Å²) in [6.45, 7) is 3.43. The van der Waals surface area contributed by atoms with Crippen molar-refractivity contribution in [3.8, 4) is 0 Å². The zero-order valence-electron chi connectivity index (χ0n) is 9.59. The van der Waals surface area contributed by atoms with E-state index in [1.807, 2.05) is 13.0 Å². The van der Waals surface area contributed by atoms with E-state index in [1.54, 1.807) is 0 Å². The second-order valence-electron chi connectivity index (χ2n) is 4.82. The Morgan fingerprint density at radius 3 is 2.88 bits per heavy atom. The minimum Gasteiger partial charge on any atom is -0.388 e. The average molecular weight is 223 g/mol. The van der Waals surface area contributed by atoms with Gasteiger partial charge in [0, 0.05) is 13.0 Å². The minimum absolute atomic E-state index is 0.220. The molecule has 1 aliphatic heterocycles. The van der Waals surface area contributed by atoms with Crippen molar-refractivity contribution < 1.29 is 9.50 Å². The van der Waals surface area contributed by atoms with Crippen LogP contribution in [0.25, 0.3) is 0 Å². The highest BCUT2D eigenvalue weighted by atomic mass is 19.1. The molecule has 0 spiro atoms. The molecule has 0 bridgehead atoms. The molecule has 0 aliphatic carbocycles. The topological polar surface area (TPSA) is 32.3 Å². The van der Waals surface area contributed by atoms with Crippen LogP contribution in [-0.4, -0.2) is 23.8 Å². The Kier molecular flexibility index (Phi) is 3.26. The zero-order chi connectivity index (χ0) is 11.6. The highest BCUT2D eigenvalue weighted by molar-refractivity contribution is 5.25. The van der Waals surface area contributed by atoms with E-state index in [9.17, 15) is 9.50 Å². The lowest BCUT2D eigenvalue weighted by molar-refractivity contribution is 0.0169. The summed E-state index contributed by atoms with van der Waals surface area (Å²) in [5.41, 5.74) is 1.07. The number of benzene rings is 1. The van der Waals surface area contributed by atoms with Gasteiger partial charge in [-0.2, -0.15) is 0 Å². The number of hydrogen-bond acceptors (Lipinski definition) is 2. The van der Waals surface area contributed by atoms with Gasteiger partial charge in [0.2, 0.25) is 0 Å². The van der Waals surface area contributed by atoms with Gasteiger partial charge in [0.1, 0.15) is 5.82 Å². The third-order valence-corrected chi connectivity index (χ3v) is 3.08. The van der Waals surface area contributed by atoms with Gasteiger partial charge in [-0.3, -0.25) is 0 Å². The van der Waals surface area contributed by atoms with Gasteiger partial charge in [0.25, 0.3) is 0 Å². The number of β-amino-alcohol motifs (C(OH)–C–C–N with tert-alkyl or cyclic N) is 1. The lowest BCUT2D eigenvalue weighted by atomic mass is 9.87. The number of aryl methyl sites for hydroxylation is 1. The molecule has 1 atom stereocenters. The maximum absolute atomic E-state index is 13.2. The quantitative estimate of drug-likeness (QED) is 0.801. The summed E-state index contributed by atoms with van der Waals surface area (Å²) in [4.78, 5) is 0. The van der Waals surface area contributed by atoms with Crippen LogP contribution >= 0.6 is 0 Å². The van der Waals surface area contributed by atoms with Crippen molar-refractivity contribution in [1.29, 1.82) is 0 Å². The van der Waals surface area contributed by atoms with Gasteiger partial charge in [-0.25, -0.2) is 4.39 Å². The Labute approximate surface area is 95.5 Å². The fourth-order valence-corrected chi connectivity index (χ4v) is 2.40. The van der Waals surface area contributed by atoms with Crippen molar-refractivity contribution in [2.75, 3.05) is 13.1 Å². The van der Waals surface area contributed by atoms with Crippen LogP contribution in [-0.2, 0) is 6.42 Å². The Bertz CT molecular complexity index is 352. The highest BCUT2D eigenvalue weighted by Crippen LogP contribution is 2.22. The Balaban J connectivity index is 2.13. The highest BCUT2D eigenvalue weighted by Gasteiger charge is 2.29. The summed E-state index contributed by atoms with van der Waals surface area (Å²) in [6.07, 6.45) is 2.29. The number of rotatable bonds is 2. The zero-order valence-corrected chi connectivity index (χ0v) is 9.59. The van der Waals surface area contributed by atoms with E-state index >= 15 is 0 Å². The van der Waals surface area contributed by atoms with E-state index < -0.39 is 5.60 Å². The lowest BCUT2D eigenvalue weighted by Crippen LogP contribution is -2.47. The summed E-state index contributed by atoms with van der Waals surface area (Å²) >= 11 is 0. The van der Waals surface area contributed by atoms with Gasteiger partial charge in [0.15, 0.2) is 0 Å². The molecule has 0 saturated carbocycles. The van der Waals surface area contributed by atoms with Crippen molar-refractivity contribution in [3.05, 3.63) is 35.1 Å². The van der Waals surface area contributed by atoms with Crippen LogP contribution in [0.2, 0.25) is 0 Å². The van der Waals surface area contributed by atoms with Crippen molar-refractivity contribution in [2.45, 2.75) is 31.8 Å². The first kappa shape index (κ1) is 11.6. The van der Waals surface area contributed by atoms with Gasteiger partial charge < -0.3 is 10.4 Å². The molecule has 1 heterocycles. The van der Waals surface area contributed by atoms with Crippen LogP contribution < -0.4 is 5.32 Å². The van der Waals surface area contributed by atoms with Crippen LogP contribution in [0.15, 0.2) is 18.2 Å². The molecule has 16 heavy (non-hydrogen) atoms. The van der Waals surface area contributed by atoms with Crippen LogP contribution in [0.4, 0.5) is 4.39 Å². The number of halogens is 1. The minimum atomic E-state index is -0.710. The molecule has 1 unspecified atom stereocenters. The van der Waals surface area contributed by atoms with E-state index in [0.29, 0.717) is 13.0 Å². The van der Waals surface area contributed by atoms with Gasteiger partial charge in [-0.15, -0.1) is 0 Å². The van der Waals surface area contributed by atoms with E-state index in [2.05, 4.69) is 5.32 Å². The first-order valence-corrected chi connectivity index (χ1v) is 5.77. The Morgan fingerprint density at radius 1 is 1.44 bits per heavy atom. The molecule has 1 aromatic carbocycles. The average Bonchev–Trinajstić information content (AvgIpc) is 2.15. The predicted octanol–water partition coefficient (Wildman–Crippen LogP) is 1.79. The fourth-order valence-electron chi connectivity index (χ4n) is 2.40. The molecular formula is C13H18FNO. The smallest absolute Gasteiger partial charge is 0.123 e. The lowest BCUT2D eigenvalue weighted by Gasteiger charge is -2.32. The molecule has 1 aliphatic rings. The molecule has 1 fully saturated rings. The molecule has 88 valence electrons. The van der Waals surface area contributed by atoms with Crippen LogP contribution in [0.1, 0.15) is 24.0 Å². The van der Waals surface area contributed by atoms with Gasteiger partial charge in [-0.05, 0) is 49.6 Å². The van der Waals surface area contributed by atoms with Crippen molar-refractivity contribution in [3.63, 3.8) is 0 Å². The van der Waals surface area contributed by atoms with E-state index in [0.717, 1.165) is 30.5 Å². The second kappa shape index (κ2) is 4.52. The third kappa shape index (κ3) is 2.80. The molecule has 1 aromatic rings. The first-order valence-electron chi connectivity index (χ1n) is 5.77. The molecule has 1 saturated heterocycles. The summed E-state index contributed by atoms with van der Waals surface area (Å²) < 4.78 is 13.2. The molecule has 2 nitrogen and oxygen atoms in total. The number of hydrogen-bond donors (Lipinski definition) is 2. The normalized spacial score (nSPS) is 25.7. The Hall–Kier alpha value is -0.930. The fraction of sp³-hybridized carbons (Fsp3) is 0.538. The van der Waals surface area contributed by atoms with E-state index in [1.165, 1.54) is 12.1 Å². The summed E-state index contributed by atoms with van der Waals surface area (Å²) in [7, 11) is 0. The maximum atomic E-state index is 13.2. The number of piperidine rings is 1. The van der Waals surface area contributed by atoms with Gasteiger partial charge in [0.05, 0.1) is 5.60 Å². The molecule has 2 rings (SSSR count). The second-order valence-corrected chi connectivity index (χ2v) is 4.82. The number of aliphatic hydroxyl groups is 1. The van der Waals surface area contributed by atoms with Gasteiger partial charge in [-0.1, -0.05) is 6.07 Å². The van der Waals surface area contributed by atoms with Crippen LogP contribution in [0, 0.1) is 12.7 Å². The van der Waals surface area contributed by atoms with E-state index in [-0.39, 0.29) is 5.82 Å². The SMILES string of the molecule is Cc1cc(F)cc(CC2(O)CCCNC2)c1. The van der Waals surface area contributed by atoms with Crippen LogP contribution in [0.3, 0.4) is 0 Å². The predicted molar refractivity (Wildman–Crippen MR) is 61.9 cm³/mol. The number of nitrogens with one attached hydrogen (secondary N) is 1. The maximum Gasteiger partial charge on any atom is 0.123 e. The van der Waals surface area contributed by atoms with Crippen molar-refractivity contribution in [2.24, 2.45) is 0 Å².